The van der Waals surface area contributed by atoms with Crippen LogP contribution < -0.4 is 10.2 Å². The highest BCUT2D eigenvalue weighted by atomic mass is 15.2. The third kappa shape index (κ3) is 3.05. The van der Waals surface area contributed by atoms with Crippen LogP contribution in [0.4, 0.5) is 5.82 Å². The molecule has 0 saturated carbocycles. The molecule has 8 nitrogen and oxygen atoms in total. The number of fused-ring (bicyclic) bond motifs is 2. The Morgan fingerprint density at radius 3 is 2.86 bits per heavy atom. The number of nitriles is 1. The third-order valence-corrected chi connectivity index (χ3v) is 5.39. The molecule has 1 aliphatic heterocycles. The van der Waals surface area contributed by atoms with Gasteiger partial charge in [-0.3, -0.25) is 0 Å². The first kappa shape index (κ1) is 17.5. The van der Waals surface area contributed by atoms with Gasteiger partial charge in [0.25, 0.3) is 0 Å². The molecule has 0 radical (unpaired) electrons. The largest absolute Gasteiger partial charge is 0.355 e. The second-order valence-corrected chi connectivity index (χ2v) is 7.36. The molecule has 1 aliphatic rings. The molecule has 4 aromatic heterocycles. The molecule has 0 bridgehead atoms. The van der Waals surface area contributed by atoms with Gasteiger partial charge >= 0.3 is 0 Å². The fraction of sp³-hybridized carbons (Fsp3) is 0.286. The van der Waals surface area contributed by atoms with Crippen molar-refractivity contribution in [2.45, 2.75) is 19.4 Å². The standard InChI is InChI=1S/C21H20N8/c1-13-10-29-11-15(7-14(8-22)21(29)25-13)20-24-9-18-17(27-20)3-4-19(26-18)28-6-5-16(12-28)23-2/h3-4,7,9-11,16,23H,5-6,12H2,1-2H3/t16-/m1/s1. The fourth-order valence-corrected chi connectivity index (χ4v) is 3.86. The van der Waals surface area contributed by atoms with E-state index in [1.54, 1.807) is 12.3 Å². The second-order valence-electron chi connectivity index (χ2n) is 7.36. The van der Waals surface area contributed by atoms with Crippen molar-refractivity contribution in [3.05, 3.63) is 48.0 Å². The maximum absolute atomic E-state index is 9.50. The lowest BCUT2D eigenvalue weighted by molar-refractivity contribution is 0.616. The van der Waals surface area contributed by atoms with Crippen molar-refractivity contribution in [3.8, 4) is 17.5 Å². The average Bonchev–Trinajstić information content (AvgIpc) is 3.38. The van der Waals surface area contributed by atoms with Gasteiger partial charge in [0.2, 0.25) is 0 Å². The average molecular weight is 384 g/mol. The maximum Gasteiger partial charge on any atom is 0.161 e. The van der Waals surface area contributed by atoms with Gasteiger partial charge in [0.15, 0.2) is 11.5 Å². The Labute approximate surface area is 167 Å². The molecular weight excluding hydrogens is 364 g/mol. The molecule has 5 heterocycles. The van der Waals surface area contributed by atoms with E-state index in [-0.39, 0.29) is 0 Å². The first-order valence-corrected chi connectivity index (χ1v) is 9.60. The number of imidazole rings is 1. The monoisotopic (exact) mass is 384 g/mol. The van der Waals surface area contributed by atoms with E-state index < -0.39 is 0 Å². The summed E-state index contributed by atoms with van der Waals surface area (Å²) in [5, 5.41) is 12.8. The lowest BCUT2D eigenvalue weighted by Crippen LogP contribution is -2.29. The van der Waals surface area contributed by atoms with Crippen LogP contribution in [0.15, 0.2) is 36.8 Å². The predicted molar refractivity (Wildman–Crippen MR) is 111 cm³/mol. The third-order valence-electron chi connectivity index (χ3n) is 5.39. The molecule has 0 aromatic carbocycles. The number of hydrogen-bond acceptors (Lipinski definition) is 7. The minimum Gasteiger partial charge on any atom is -0.355 e. The van der Waals surface area contributed by atoms with Crippen LogP contribution in [0.3, 0.4) is 0 Å². The van der Waals surface area contributed by atoms with Gasteiger partial charge in [-0.25, -0.2) is 19.9 Å². The van der Waals surface area contributed by atoms with Gasteiger partial charge in [-0.05, 0) is 38.6 Å². The van der Waals surface area contributed by atoms with Crippen molar-refractivity contribution in [1.29, 1.82) is 5.26 Å². The second kappa shape index (κ2) is 6.79. The van der Waals surface area contributed by atoms with Crippen molar-refractivity contribution in [2.24, 2.45) is 0 Å². The molecule has 0 amide bonds. The Hall–Kier alpha value is -3.57. The van der Waals surface area contributed by atoms with E-state index in [2.05, 4.69) is 31.2 Å². The normalized spacial score (nSPS) is 16.6. The Kier molecular flexibility index (Phi) is 4.11. The highest BCUT2D eigenvalue weighted by molar-refractivity contribution is 5.78. The summed E-state index contributed by atoms with van der Waals surface area (Å²) in [5.41, 5.74) is 4.32. The fourth-order valence-electron chi connectivity index (χ4n) is 3.86. The van der Waals surface area contributed by atoms with Gasteiger partial charge in [-0.1, -0.05) is 0 Å². The van der Waals surface area contributed by atoms with Crippen molar-refractivity contribution < 1.29 is 0 Å². The Bertz CT molecular complexity index is 1270. The van der Waals surface area contributed by atoms with Crippen LogP contribution in [-0.2, 0) is 0 Å². The van der Waals surface area contributed by atoms with Crippen molar-refractivity contribution >= 4 is 22.5 Å². The molecule has 0 spiro atoms. The molecule has 29 heavy (non-hydrogen) atoms. The Morgan fingerprint density at radius 2 is 2.07 bits per heavy atom. The first-order valence-electron chi connectivity index (χ1n) is 9.60. The van der Waals surface area contributed by atoms with Gasteiger partial charge in [-0.2, -0.15) is 5.26 Å². The van der Waals surface area contributed by atoms with Gasteiger partial charge in [0.1, 0.15) is 17.4 Å². The number of nitrogens with one attached hydrogen (secondary N) is 1. The van der Waals surface area contributed by atoms with Crippen molar-refractivity contribution in [3.63, 3.8) is 0 Å². The van der Waals surface area contributed by atoms with Crippen LogP contribution in [0, 0.1) is 18.3 Å². The van der Waals surface area contributed by atoms with Gasteiger partial charge in [0, 0.05) is 37.1 Å². The van der Waals surface area contributed by atoms with Crippen LogP contribution >= 0.6 is 0 Å². The van der Waals surface area contributed by atoms with Crippen LogP contribution in [-0.4, -0.2) is 50.5 Å². The summed E-state index contributed by atoms with van der Waals surface area (Å²) in [6, 6.07) is 8.50. The van der Waals surface area contributed by atoms with Crippen LogP contribution in [0.5, 0.6) is 0 Å². The lowest BCUT2D eigenvalue weighted by Gasteiger charge is -2.17. The summed E-state index contributed by atoms with van der Waals surface area (Å²) in [4.78, 5) is 20.6. The van der Waals surface area contributed by atoms with E-state index in [0.717, 1.165) is 47.6 Å². The molecule has 0 unspecified atom stereocenters. The molecule has 4 aromatic rings. The summed E-state index contributed by atoms with van der Waals surface area (Å²) in [5.74, 6) is 1.52. The smallest absolute Gasteiger partial charge is 0.161 e. The SMILES string of the molecule is CN[C@@H]1CCN(c2ccc3nc(-c4cc(C#N)c5nc(C)cn5c4)ncc3n2)C1. The molecule has 1 N–H and O–H groups in total. The molecular formula is C21H20N8. The number of anilines is 1. The molecule has 1 atom stereocenters. The Balaban J connectivity index is 1.53. The van der Waals surface area contributed by atoms with E-state index in [9.17, 15) is 5.26 Å². The van der Waals surface area contributed by atoms with Gasteiger partial charge in [0.05, 0.1) is 23.0 Å². The molecule has 8 heteroatoms. The Morgan fingerprint density at radius 1 is 1.17 bits per heavy atom. The van der Waals surface area contributed by atoms with Crippen molar-refractivity contribution in [2.75, 3.05) is 25.0 Å². The summed E-state index contributed by atoms with van der Waals surface area (Å²) < 4.78 is 1.85. The number of hydrogen-bond donors (Lipinski definition) is 1. The number of pyridine rings is 2. The minimum atomic E-state index is 0.501. The molecule has 1 fully saturated rings. The van der Waals surface area contributed by atoms with Crippen LogP contribution in [0.25, 0.3) is 28.1 Å². The summed E-state index contributed by atoms with van der Waals surface area (Å²) in [7, 11) is 2.00. The topological polar surface area (TPSA) is 95.0 Å². The van der Waals surface area contributed by atoms with Crippen LogP contribution in [0.2, 0.25) is 0 Å². The zero-order valence-corrected chi connectivity index (χ0v) is 16.3. The van der Waals surface area contributed by atoms with Crippen LogP contribution in [0.1, 0.15) is 17.7 Å². The van der Waals surface area contributed by atoms with Crippen molar-refractivity contribution in [1.82, 2.24) is 29.7 Å². The number of aryl methyl sites for hydroxylation is 1. The summed E-state index contributed by atoms with van der Waals surface area (Å²) in [6.45, 7) is 3.85. The van der Waals surface area contributed by atoms with E-state index in [1.165, 1.54) is 0 Å². The number of aromatic nitrogens is 5. The minimum absolute atomic E-state index is 0.501. The summed E-state index contributed by atoms with van der Waals surface area (Å²) >= 11 is 0. The first-order chi connectivity index (χ1) is 14.1. The quantitative estimate of drug-likeness (QED) is 0.579. The molecule has 5 rings (SSSR count). The molecule has 0 aliphatic carbocycles. The lowest BCUT2D eigenvalue weighted by atomic mass is 10.2. The zero-order valence-electron chi connectivity index (χ0n) is 16.3. The highest BCUT2D eigenvalue weighted by Gasteiger charge is 2.22. The maximum atomic E-state index is 9.50. The number of nitrogens with zero attached hydrogens (tertiary/aromatic N) is 7. The van der Waals surface area contributed by atoms with E-state index in [1.807, 2.05) is 42.9 Å². The molecule has 144 valence electrons. The number of rotatable bonds is 3. The predicted octanol–water partition coefficient (Wildman–Crippen LogP) is 2.32. The van der Waals surface area contributed by atoms with Gasteiger partial charge < -0.3 is 14.6 Å². The summed E-state index contributed by atoms with van der Waals surface area (Å²) in [6.07, 6.45) is 6.66. The zero-order chi connectivity index (χ0) is 20.0. The highest BCUT2D eigenvalue weighted by Crippen LogP contribution is 2.24. The van der Waals surface area contributed by atoms with Gasteiger partial charge in [-0.15, -0.1) is 0 Å². The van der Waals surface area contributed by atoms with E-state index >= 15 is 0 Å². The molecule has 1 saturated heterocycles. The van der Waals surface area contributed by atoms with E-state index in [0.29, 0.717) is 23.1 Å². The number of likely N-dealkylation sites (N-methyl/N-ethyl adjacent to an activating group) is 1. The van der Waals surface area contributed by atoms with E-state index in [4.69, 9.17) is 4.98 Å².